The number of pyridine rings is 1. The molecule has 0 radical (unpaired) electrons. The third kappa shape index (κ3) is 3.08. The number of nitriles is 1. The fourth-order valence-electron chi connectivity index (χ4n) is 2.58. The highest BCUT2D eigenvalue weighted by atomic mass is 19.1. The van der Waals surface area contributed by atoms with Crippen LogP contribution in [0.5, 0.6) is 11.5 Å². The number of nitrogens with zero attached hydrogens (tertiary/aromatic N) is 1. The second kappa shape index (κ2) is 6.49. The van der Waals surface area contributed by atoms with Gasteiger partial charge in [0.05, 0.1) is 7.11 Å². The minimum Gasteiger partial charge on any atom is -0.504 e. The number of nitrogens with one attached hydrogen (secondary N) is 1. The predicted molar refractivity (Wildman–Crippen MR) is 91.2 cm³/mol. The van der Waals surface area contributed by atoms with Gasteiger partial charge in [0.15, 0.2) is 11.5 Å². The van der Waals surface area contributed by atoms with Crippen molar-refractivity contribution in [2.75, 3.05) is 12.8 Å². The van der Waals surface area contributed by atoms with Gasteiger partial charge in [-0.1, -0.05) is 6.07 Å². The van der Waals surface area contributed by atoms with E-state index in [4.69, 9.17) is 10.5 Å². The smallest absolute Gasteiger partial charge is 0.289 e. The van der Waals surface area contributed by atoms with Crippen LogP contribution in [0, 0.1) is 17.1 Å². The summed E-state index contributed by atoms with van der Waals surface area (Å²) in [5.74, 6) is 0.148. The molecule has 5 nitrogen and oxygen atoms in total. The number of aromatic hydroxyl groups is 1. The van der Waals surface area contributed by atoms with Crippen LogP contribution in [0.2, 0.25) is 0 Å². The van der Waals surface area contributed by atoms with Crippen LogP contribution in [-0.2, 0) is 0 Å². The Bertz CT molecular complexity index is 979. The molecule has 2 aromatic carbocycles. The van der Waals surface area contributed by atoms with Gasteiger partial charge >= 0.3 is 0 Å². The monoisotopic (exact) mass is 336 g/mol. The quantitative estimate of drug-likeness (QED) is 0.768. The number of benzene rings is 2. The SMILES string of the molecule is COc1cc(-c2cc(-c3ccc(F)cc3)[nH+]c(N)c2C#N)ccc1O. The first-order valence-corrected chi connectivity index (χ1v) is 7.42. The van der Waals surface area contributed by atoms with Gasteiger partial charge in [-0.25, -0.2) is 9.37 Å². The highest BCUT2D eigenvalue weighted by Gasteiger charge is 2.18. The average molecular weight is 336 g/mol. The van der Waals surface area contributed by atoms with E-state index in [-0.39, 0.29) is 28.7 Å². The number of hydrogen-bond donors (Lipinski definition) is 2. The number of aromatic amines is 1. The van der Waals surface area contributed by atoms with Crippen molar-refractivity contribution < 1.29 is 19.2 Å². The number of nitrogen functional groups attached to an aromatic ring is 1. The Labute approximate surface area is 143 Å². The maximum atomic E-state index is 13.2. The summed E-state index contributed by atoms with van der Waals surface area (Å²) in [5.41, 5.74) is 8.89. The van der Waals surface area contributed by atoms with Crippen molar-refractivity contribution in [3.8, 4) is 40.0 Å². The van der Waals surface area contributed by atoms with Crippen LogP contribution in [0.25, 0.3) is 22.4 Å². The van der Waals surface area contributed by atoms with Crippen molar-refractivity contribution in [1.29, 1.82) is 5.26 Å². The van der Waals surface area contributed by atoms with Crippen molar-refractivity contribution in [1.82, 2.24) is 0 Å². The second-order valence-electron chi connectivity index (χ2n) is 5.39. The second-order valence-corrected chi connectivity index (χ2v) is 5.39. The molecule has 3 rings (SSSR count). The third-order valence-electron chi connectivity index (χ3n) is 3.85. The van der Waals surface area contributed by atoms with E-state index in [9.17, 15) is 14.8 Å². The molecule has 6 heteroatoms. The Hall–Kier alpha value is -3.59. The zero-order valence-corrected chi connectivity index (χ0v) is 13.4. The average Bonchev–Trinajstić information content (AvgIpc) is 2.62. The minimum atomic E-state index is -0.339. The number of anilines is 1. The number of aromatic nitrogens is 1. The molecule has 0 unspecified atom stereocenters. The molecule has 3 aromatic rings. The summed E-state index contributed by atoms with van der Waals surface area (Å²) in [4.78, 5) is 2.96. The number of ether oxygens (including phenoxy) is 1. The lowest BCUT2D eigenvalue weighted by Gasteiger charge is -2.10. The molecule has 1 aromatic heterocycles. The van der Waals surface area contributed by atoms with E-state index in [2.05, 4.69) is 11.1 Å². The van der Waals surface area contributed by atoms with Crippen LogP contribution in [0.15, 0.2) is 48.5 Å². The molecule has 0 aliphatic carbocycles. The summed E-state index contributed by atoms with van der Waals surface area (Å²) >= 11 is 0. The largest absolute Gasteiger partial charge is 0.504 e. The zero-order chi connectivity index (χ0) is 18.0. The number of methoxy groups -OCH3 is 1. The van der Waals surface area contributed by atoms with Gasteiger partial charge in [-0.15, -0.1) is 0 Å². The van der Waals surface area contributed by atoms with Crippen LogP contribution in [0.4, 0.5) is 10.2 Å². The number of phenols is 1. The van der Waals surface area contributed by atoms with Crippen LogP contribution in [0.3, 0.4) is 0 Å². The van der Waals surface area contributed by atoms with Crippen LogP contribution in [0.1, 0.15) is 5.56 Å². The van der Waals surface area contributed by atoms with Crippen LogP contribution >= 0.6 is 0 Å². The van der Waals surface area contributed by atoms with E-state index < -0.39 is 0 Å². The predicted octanol–water partition coefficient (Wildman–Crippen LogP) is 3.14. The van der Waals surface area contributed by atoms with Crippen LogP contribution in [-0.4, -0.2) is 12.2 Å². The number of phenolic OH excluding ortho intramolecular Hbond substituents is 1. The molecule has 0 atom stereocenters. The highest BCUT2D eigenvalue weighted by molar-refractivity contribution is 5.79. The van der Waals surface area contributed by atoms with Gasteiger partial charge in [0.1, 0.15) is 23.1 Å². The van der Waals surface area contributed by atoms with Crippen molar-refractivity contribution in [2.24, 2.45) is 0 Å². The standard InChI is InChI=1S/C19H14FN3O2/c1-25-18-8-12(4-7-17(18)24)14-9-16(23-19(22)15(14)10-21)11-2-5-13(20)6-3-11/h2-9,24H,1H3,(H2,22,23)/p+1. The number of H-pyrrole nitrogens is 1. The summed E-state index contributed by atoms with van der Waals surface area (Å²) in [6.07, 6.45) is 0. The number of rotatable bonds is 3. The zero-order valence-electron chi connectivity index (χ0n) is 13.4. The van der Waals surface area contributed by atoms with Crippen molar-refractivity contribution in [2.45, 2.75) is 0 Å². The summed E-state index contributed by atoms with van der Waals surface area (Å²) in [5, 5.41) is 19.2. The molecule has 25 heavy (non-hydrogen) atoms. The molecule has 0 fully saturated rings. The Morgan fingerprint density at radius 1 is 1.12 bits per heavy atom. The Kier molecular flexibility index (Phi) is 4.23. The van der Waals surface area contributed by atoms with Gasteiger partial charge in [-0.2, -0.15) is 5.26 Å². The van der Waals surface area contributed by atoms with Gasteiger partial charge in [0.2, 0.25) is 0 Å². The molecule has 0 saturated heterocycles. The van der Waals surface area contributed by atoms with Crippen molar-refractivity contribution in [3.63, 3.8) is 0 Å². The Morgan fingerprint density at radius 2 is 1.80 bits per heavy atom. The molecule has 4 N–H and O–H groups in total. The van der Waals surface area contributed by atoms with Gasteiger partial charge in [0, 0.05) is 11.1 Å². The van der Waals surface area contributed by atoms with E-state index >= 15 is 0 Å². The van der Waals surface area contributed by atoms with E-state index in [0.717, 1.165) is 5.56 Å². The molecule has 1 heterocycles. The molecule has 0 aliphatic rings. The topological polar surface area (TPSA) is 93.4 Å². The van der Waals surface area contributed by atoms with Crippen molar-refractivity contribution in [3.05, 3.63) is 59.9 Å². The molecule has 0 spiro atoms. The molecule has 0 saturated carbocycles. The van der Waals surface area contributed by atoms with Gasteiger partial charge < -0.3 is 9.84 Å². The van der Waals surface area contributed by atoms with Gasteiger partial charge in [-0.3, -0.25) is 5.73 Å². The molecular formula is C19H15FN3O2+. The van der Waals surface area contributed by atoms with Gasteiger partial charge in [-0.05, 0) is 48.0 Å². The summed E-state index contributed by atoms with van der Waals surface area (Å²) in [6, 6.07) is 14.6. The van der Waals surface area contributed by atoms with E-state index in [0.29, 0.717) is 16.8 Å². The first-order chi connectivity index (χ1) is 12.0. The molecule has 124 valence electrons. The summed E-state index contributed by atoms with van der Waals surface area (Å²) in [6.45, 7) is 0. The van der Waals surface area contributed by atoms with Crippen molar-refractivity contribution >= 4 is 5.82 Å². The molecule has 0 aliphatic heterocycles. The highest BCUT2D eigenvalue weighted by Crippen LogP contribution is 2.34. The molecule has 0 bridgehead atoms. The Balaban J connectivity index is 2.21. The molecular weight excluding hydrogens is 321 g/mol. The maximum Gasteiger partial charge on any atom is 0.289 e. The van der Waals surface area contributed by atoms with Crippen LogP contribution < -0.4 is 15.5 Å². The lowest BCUT2D eigenvalue weighted by molar-refractivity contribution is -0.346. The summed E-state index contributed by atoms with van der Waals surface area (Å²) in [7, 11) is 1.45. The van der Waals surface area contributed by atoms with Gasteiger partial charge in [0.25, 0.3) is 5.82 Å². The maximum absolute atomic E-state index is 13.2. The van der Waals surface area contributed by atoms with E-state index in [1.54, 1.807) is 30.3 Å². The van der Waals surface area contributed by atoms with E-state index in [1.165, 1.54) is 25.3 Å². The first-order valence-electron chi connectivity index (χ1n) is 7.42. The number of hydrogen-bond acceptors (Lipinski definition) is 4. The Morgan fingerprint density at radius 3 is 2.44 bits per heavy atom. The molecule has 0 amide bonds. The first kappa shape index (κ1) is 16.3. The fourth-order valence-corrected chi connectivity index (χ4v) is 2.58. The third-order valence-corrected chi connectivity index (χ3v) is 3.85. The lowest BCUT2D eigenvalue weighted by Crippen LogP contribution is -2.16. The summed E-state index contributed by atoms with van der Waals surface area (Å²) < 4.78 is 18.3. The normalized spacial score (nSPS) is 10.3. The minimum absolute atomic E-state index is 0.000943. The lowest BCUT2D eigenvalue weighted by atomic mass is 9.98. The van der Waals surface area contributed by atoms with E-state index in [1.807, 2.05) is 0 Å². The fraction of sp³-hybridized carbons (Fsp3) is 0.0526. The number of nitrogens with two attached hydrogens (primary N) is 1. The number of halogens is 1.